The second-order valence-electron chi connectivity index (χ2n) is 7.12. The van der Waals surface area contributed by atoms with E-state index in [4.69, 9.17) is 21.6 Å². The van der Waals surface area contributed by atoms with Crippen molar-refractivity contribution in [2.75, 3.05) is 5.32 Å². The second-order valence-corrected chi connectivity index (χ2v) is 8.69. The Hall–Kier alpha value is -3.30. The fraction of sp³-hybridized carbons (Fsp3) is 0. The number of oxazole rings is 1. The number of nitrogens with zero attached hydrogens (tertiary/aromatic N) is 1. The van der Waals surface area contributed by atoms with Gasteiger partial charge in [0.2, 0.25) is 5.89 Å². The lowest BCUT2D eigenvalue weighted by atomic mass is 10.1. The third-order valence-electron chi connectivity index (χ3n) is 5.00. The number of amides is 1. The van der Waals surface area contributed by atoms with E-state index in [0.29, 0.717) is 11.5 Å². The SMILES string of the molecule is O=C(NC(=S)Nc1cccc(-c2nc3c(ccc4ccccc43)o2)c1)c1ccccc1I. The molecular formula is C25H16IN3O2S. The van der Waals surface area contributed by atoms with E-state index in [1.807, 2.05) is 72.8 Å². The van der Waals surface area contributed by atoms with E-state index in [2.05, 4.69) is 39.3 Å². The summed E-state index contributed by atoms with van der Waals surface area (Å²) in [5.74, 6) is 0.267. The Bertz CT molecular complexity index is 1500. The molecule has 4 aromatic carbocycles. The zero-order valence-electron chi connectivity index (χ0n) is 16.6. The Labute approximate surface area is 203 Å². The van der Waals surface area contributed by atoms with Gasteiger partial charge in [0.1, 0.15) is 5.52 Å². The lowest BCUT2D eigenvalue weighted by Crippen LogP contribution is -2.34. The number of anilines is 1. The predicted octanol–water partition coefficient (Wildman–Crippen LogP) is 6.38. The molecule has 0 bridgehead atoms. The van der Waals surface area contributed by atoms with Gasteiger partial charge in [0.25, 0.3) is 5.91 Å². The molecule has 5 nitrogen and oxygen atoms in total. The smallest absolute Gasteiger partial charge is 0.258 e. The van der Waals surface area contributed by atoms with E-state index in [9.17, 15) is 4.79 Å². The summed E-state index contributed by atoms with van der Waals surface area (Å²) in [6, 6.07) is 27.0. The van der Waals surface area contributed by atoms with Gasteiger partial charge in [0.05, 0.1) is 5.56 Å². The number of nitrogens with one attached hydrogen (secondary N) is 2. The number of aromatic nitrogens is 1. The van der Waals surface area contributed by atoms with Crippen molar-refractivity contribution < 1.29 is 9.21 Å². The van der Waals surface area contributed by atoms with Gasteiger partial charge in [-0.2, -0.15) is 0 Å². The van der Waals surface area contributed by atoms with Crippen LogP contribution in [0.25, 0.3) is 33.3 Å². The van der Waals surface area contributed by atoms with Crippen molar-refractivity contribution in [2.24, 2.45) is 0 Å². The molecule has 2 N–H and O–H groups in total. The largest absolute Gasteiger partial charge is 0.436 e. The number of hydrogen-bond acceptors (Lipinski definition) is 4. The van der Waals surface area contributed by atoms with E-state index in [0.717, 1.165) is 36.7 Å². The van der Waals surface area contributed by atoms with Gasteiger partial charge < -0.3 is 9.73 Å². The fourth-order valence-electron chi connectivity index (χ4n) is 3.49. The predicted molar refractivity (Wildman–Crippen MR) is 140 cm³/mol. The summed E-state index contributed by atoms with van der Waals surface area (Å²) in [5.41, 5.74) is 3.67. The average Bonchev–Trinajstić information content (AvgIpc) is 3.24. The summed E-state index contributed by atoms with van der Waals surface area (Å²) < 4.78 is 6.87. The van der Waals surface area contributed by atoms with Crippen molar-refractivity contribution in [1.82, 2.24) is 10.3 Å². The van der Waals surface area contributed by atoms with E-state index >= 15 is 0 Å². The minimum Gasteiger partial charge on any atom is -0.436 e. The van der Waals surface area contributed by atoms with Crippen LogP contribution >= 0.6 is 34.8 Å². The maximum atomic E-state index is 12.5. The summed E-state index contributed by atoms with van der Waals surface area (Å²) in [6.07, 6.45) is 0. The molecule has 0 saturated heterocycles. The first-order chi connectivity index (χ1) is 15.6. The number of benzene rings is 4. The third kappa shape index (κ3) is 4.09. The fourth-order valence-corrected chi connectivity index (χ4v) is 4.34. The molecule has 5 aromatic rings. The van der Waals surface area contributed by atoms with Crippen LogP contribution < -0.4 is 10.6 Å². The lowest BCUT2D eigenvalue weighted by Gasteiger charge is -2.11. The molecule has 0 aliphatic heterocycles. The molecular weight excluding hydrogens is 533 g/mol. The van der Waals surface area contributed by atoms with Crippen molar-refractivity contribution in [3.05, 3.63) is 94.1 Å². The molecule has 0 saturated carbocycles. The number of hydrogen-bond donors (Lipinski definition) is 2. The summed E-state index contributed by atoms with van der Waals surface area (Å²) in [6.45, 7) is 0. The van der Waals surface area contributed by atoms with Gasteiger partial charge in [-0.15, -0.1) is 0 Å². The van der Waals surface area contributed by atoms with Crippen LogP contribution in [0.3, 0.4) is 0 Å². The minimum atomic E-state index is -0.255. The molecule has 0 unspecified atom stereocenters. The Morgan fingerprint density at radius 1 is 0.938 bits per heavy atom. The normalized spacial score (nSPS) is 10.9. The Morgan fingerprint density at radius 3 is 2.62 bits per heavy atom. The summed E-state index contributed by atoms with van der Waals surface area (Å²) in [5, 5.41) is 8.17. The van der Waals surface area contributed by atoms with Gasteiger partial charge in [0, 0.05) is 20.2 Å². The van der Waals surface area contributed by atoms with Crippen LogP contribution in [-0.2, 0) is 0 Å². The van der Waals surface area contributed by atoms with Crippen LogP contribution in [-0.4, -0.2) is 16.0 Å². The van der Waals surface area contributed by atoms with E-state index in [-0.39, 0.29) is 11.0 Å². The number of halogens is 1. The highest BCUT2D eigenvalue weighted by atomic mass is 127. The van der Waals surface area contributed by atoms with Crippen LogP contribution in [0.1, 0.15) is 10.4 Å². The summed E-state index contributed by atoms with van der Waals surface area (Å²) >= 11 is 7.46. The second kappa shape index (κ2) is 8.68. The first-order valence-electron chi connectivity index (χ1n) is 9.84. The van der Waals surface area contributed by atoms with Crippen molar-refractivity contribution >= 4 is 73.4 Å². The monoisotopic (exact) mass is 549 g/mol. The van der Waals surface area contributed by atoms with Crippen LogP contribution in [0.4, 0.5) is 5.69 Å². The van der Waals surface area contributed by atoms with Gasteiger partial charge in [-0.1, -0.05) is 48.5 Å². The summed E-state index contributed by atoms with van der Waals surface area (Å²) in [4.78, 5) is 17.2. The van der Waals surface area contributed by atoms with Crippen molar-refractivity contribution in [2.45, 2.75) is 0 Å². The van der Waals surface area contributed by atoms with E-state index in [1.54, 1.807) is 6.07 Å². The minimum absolute atomic E-state index is 0.218. The first-order valence-corrected chi connectivity index (χ1v) is 11.3. The highest BCUT2D eigenvalue weighted by Gasteiger charge is 2.13. The zero-order valence-corrected chi connectivity index (χ0v) is 19.6. The number of carbonyl (C=O) groups excluding carboxylic acids is 1. The standard InChI is InChI=1S/C25H16IN3O2S/c26-20-11-4-3-10-19(20)23(30)29-25(32)27-17-8-5-7-16(14-17)24-28-22-18-9-2-1-6-15(18)12-13-21(22)31-24/h1-14H,(H2,27,29,30,32). The molecule has 0 radical (unpaired) electrons. The topological polar surface area (TPSA) is 67.2 Å². The van der Waals surface area contributed by atoms with Gasteiger partial charge in [-0.05, 0) is 76.6 Å². The molecule has 5 rings (SSSR count). The number of carbonyl (C=O) groups is 1. The maximum absolute atomic E-state index is 12.5. The van der Waals surface area contributed by atoms with E-state index in [1.165, 1.54) is 0 Å². The number of rotatable bonds is 3. The summed E-state index contributed by atoms with van der Waals surface area (Å²) in [7, 11) is 0. The molecule has 7 heteroatoms. The van der Waals surface area contributed by atoms with Gasteiger partial charge in [0.15, 0.2) is 10.7 Å². The number of thiocarbonyl (C=S) groups is 1. The van der Waals surface area contributed by atoms with Crippen LogP contribution in [0, 0.1) is 3.57 Å². The van der Waals surface area contributed by atoms with Crippen molar-refractivity contribution in [3.63, 3.8) is 0 Å². The van der Waals surface area contributed by atoms with Crippen molar-refractivity contribution in [3.8, 4) is 11.5 Å². The van der Waals surface area contributed by atoms with Gasteiger partial charge in [-0.25, -0.2) is 4.98 Å². The van der Waals surface area contributed by atoms with Crippen LogP contribution in [0.2, 0.25) is 0 Å². The Morgan fingerprint density at radius 2 is 1.75 bits per heavy atom. The highest BCUT2D eigenvalue weighted by Crippen LogP contribution is 2.30. The molecule has 32 heavy (non-hydrogen) atoms. The molecule has 1 aromatic heterocycles. The van der Waals surface area contributed by atoms with Crippen LogP contribution in [0.5, 0.6) is 0 Å². The quantitative estimate of drug-likeness (QED) is 0.202. The third-order valence-corrected chi connectivity index (χ3v) is 6.14. The molecule has 156 valence electrons. The highest BCUT2D eigenvalue weighted by molar-refractivity contribution is 14.1. The number of fused-ring (bicyclic) bond motifs is 3. The molecule has 0 fully saturated rings. The first kappa shape index (κ1) is 20.6. The molecule has 0 atom stereocenters. The molecule has 0 aliphatic rings. The average molecular weight is 549 g/mol. The molecule has 0 spiro atoms. The molecule has 1 amide bonds. The van der Waals surface area contributed by atoms with Gasteiger partial charge >= 0.3 is 0 Å². The van der Waals surface area contributed by atoms with Crippen molar-refractivity contribution in [1.29, 1.82) is 0 Å². The van der Waals surface area contributed by atoms with Crippen LogP contribution in [0.15, 0.2) is 89.3 Å². The lowest BCUT2D eigenvalue weighted by molar-refractivity contribution is 0.0977. The van der Waals surface area contributed by atoms with Gasteiger partial charge in [-0.3, -0.25) is 10.1 Å². The Balaban J connectivity index is 1.38. The maximum Gasteiger partial charge on any atom is 0.258 e. The zero-order chi connectivity index (χ0) is 22.1. The van der Waals surface area contributed by atoms with E-state index < -0.39 is 0 Å². The molecule has 0 aliphatic carbocycles. The molecule has 1 heterocycles. The Kier molecular flexibility index (Phi) is 5.59.